The predicted molar refractivity (Wildman–Crippen MR) is 66.5 cm³/mol. The van der Waals surface area contributed by atoms with Crippen LogP contribution in [0.2, 0.25) is 0 Å². The highest BCUT2D eigenvalue weighted by molar-refractivity contribution is 5.95. The molecule has 0 aromatic heterocycles. The van der Waals surface area contributed by atoms with Gasteiger partial charge in [0.1, 0.15) is 0 Å². The van der Waals surface area contributed by atoms with Crippen LogP contribution in [-0.4, -0.2) is 17.6 Å². The highest BCUT2D eigenvalue weighted by atomic mass is 16.5. The van der Waals surface area contributed by atoms with E-state index in [0.717, 1.165) is 0 Å². The number of hydrogen-bond donors (Lipinski definition) is 2. The number of phenolic OH excluding ortho intramolecular Hbond substituents is 1. The third-order valence-corrected chi connectivity index (χ3v) is 2.73. The van der Waals surface area contributed by atoms with Crippen molar-refractivity contribution < 1.29 is 14.6 Å². The summed E-state index contributed by atoms with van der Waals surface area (Å²) in [7, 11) is 0. The summed E-state index contributed by atoms with van der Waals surface area (Å²) in [5.41, 5.74) is 7.14. The van der Waals surface area contributed by atoms with Crippen LogP contribution in [0.5, 0.6) is 11.5 Å². The fourth-order valence-corrected chi connectivity index (χ4v) is 1.88. The quantitative estimate of drug-likeness (QED) is 0.822. The molecule has 1 aromatic carbocycles. The zero-order valence-corrected chi connectivity index (χ0v) is 10.5. The number of benzene rings is 1. The maximum Gasteiger partial charge on any atom is 0.249 e. The molecule has 0 fully saturated rings. The Morgan fingerprint density at radius 2 is 2.00 bits per heavy atom. The Kier molecular flexibility index (Phi) is 4.37. The van der Waals surface area contributed by atoms with E-state index in [-0.39, 0.29) is 5.75 Å². The number of phenols is 1. The number of primary amides is 1. The first kappa shape index (κ1) is 13.4. The molecule has 0 aliphatic carbocycles. The number of aromatic hydroxyl groups is 1. The van der Waals surface area contributed by atoms with E-state index in [9.17, 15) is 9.90 Å². The number of carbonyl (C=O) groups excluding carboxylic acids is 1. The summed E-state index contributed by atoms with van der Waals surface area (Å²) < 4.78 is 5.43. The zero-order chi connectivity index (χ0) is 13.0. The normalized spacial score (nSPS) is 10.3. The van der Waals surface area contributed by atoms with Gasteiger partial charge in [0, 0.05) is 11.1 Å². The predicted octanol–water partition coefficient (Wildman–Crippen LogP) is 2.01. The van der Waals surface area contributed by atoms with Gasteiger partial charge in [-0.15, -0.1) is 0 Å². The summed E-state index contributed by atoms with van der Waals surface area (Å²) >= 11 is 0. The summed E-state index contributed by atoms with van der Waals surface area (Å²) in [6.07, 6.45) is 1.21. The van der Waals surface area contributed by atoms with Crippen LogP contribution in [0.15, 0.2) is 6.07 Å². The highest BCUT2D eigenvalue weighted by Gasteiger charge is 2.19. The van der Waals surface area contributed by atoms with E-state index < -0.39 is 5.91 Å². The van der Waals surface area contributed by atoms with Crippen molar-refractivity contribution in [3.05, 3.63) is 22.8 Å². The van der Waals surface area contributed by atoms with Gasteiger partial charge in [-0.25, -0.2) is 0 Å². The average molecular weight is 237 g/mol. The minimum atomic E-state index is -0.488. The summed E-state index contributed by atoms with van der Waals surface area (Å²) in [4.78, 5) is 11.4. The van der Waals surface area contributed by atoms with Gasteiger partial charge < -0.3 is 15.6 Å². The minimum absolute atomic E-state index is 0.121. The Morgan fingerprint density at radius 1 is 1.35 bits per heavy atom. The fourth-order valence-electron chi connectivity index (χ4n) is 1.88. The minimum Gasteiger partial charge on any atom is -0.504 e. The van der Waals surface area contributed by atoms with E-state index in [1.165, 1.54) is 0 Å². The van der Waals surface area contributed by atoms with Gasteiger partial charge in [0.15, 0.2) is 11.5 Å². The number of aryl methyl sites for hydroxylation is 1. The van der Waals surface area contributed by atoms with Crippen LogP contribution >= 0.6 is 0 Å². The van der Waals surface area contributed by atoms with E-state index in [1.807, 2.05) is 20.8 Å². The summed E-state index contributed by atoms with van der Waals surface area (Å²) in [6.45, 7) is 6.07. The Labute approximate surface area is 101 Å². The molecule has 0 saturated carbocycles. The van der Waals surface area contributed by atoms with Crippen molar-refractivity contribution in [3.63, 3.8) is 0 Å². The number of amides is 1. The van der Waals surface area contributed by atoms with E-state index in [0.29, 0.717) is 41.9 Å². The maximum atomic E-state index is 11.4. The van der Waals surface area contributed by atoms with E-state index >= 15 is 0 Å². The van der Waals surface area contributed by atoms with Gasteiger partial charge in [0.2, 0.25) is 5.91 Å². The molecule has 1 rings (SSSR count). The molecule has 0 radical (unpaired) electrons. The molecule has 0 atom stereocenters. The van der Waals surface area contributed by atoms with E-state index in [1.54, 1.807) is 6.07 Å². The molecule has 4 heteroatoms. The number of hydrogen-bond acceptors (Lipinski definition) is 3. The van der Waals surface area contributed by atoms with Crippen LogP contribution in [0.3, 0.4) is 0 Å². The fraction of sp³-hybridized carbons (Fsp3) is 0.462. The zero-order valence-electron chi connectivity index (χ0n) is 10.5. The molecule has 0 saturated heterocycles. The smallest absolute Gasteiger partial charge is 0.249 e. The van der Waals surface area contributed by atoms with Crippen LogP contribution in [0, 0.1) is 0 Å². The molecular formula is C13H19NO3. The van der Waals surface area contributed by atoms with E-state index in [2.05, 4.69) is 0 Å². The van der Waals surface area contributed by atoms with Gasteiger partial charge in [0.05, 0.1) is 6.61 Å². The topological polar surface area (TPSA) is 72.6 Å². The summed E-state index contributed by atoms with van der Waals surface area (Å²) in [5.74, 6) is 0.0249. The third-order valence-electron chi connectivity index (χ3n) is 2.73. The van der Waals surface area contributed by atoms with Gasteiger partial charge in [-0.3, -0.25) is 4.79 Å². The molecule has 0 unspecified atom stereocenters. The molecule has 1 aromatic rings. The first-order chi connectivity index (χ1) is 8.06. The molecular weight excluding hydrogens is 218 g/mol. The van der Waals surface area contributed by atoms with Crippen LogP contribution in [-0.2, 0) is 12.8 Å². The number of ether oxygens (including phenoxy) is 1. The lowest BCUT2D eigenvalue weighted by atomic mass is 9.97. The highest BCUT2D eigenvalue weighted by Crippen LogP contribution is 2.37. The van der Waals surface area contributed by atoms with Crippen LogP contribution < -0.4 is 10.5 Å². The number of carbonyl (C=O) groups is 1. The Morgan fingerprint density at radius 3 is 2.41 bits per heavy atom. The van der Waals surface area contributed by atoms with Gasteiger partial charge in [0.25, 0.3) is 0 Å². The van der Waals surface area contributed by atoms with Crippen molar-refractivity contribution in [2.24, 2.45) is 5.73 Å². The number of rotatable bonds is 5. The molecule has 0 heterocycles. The van der Waals surface area contributed by atoms with Crippen molar-refractivity contribution >= 4 is 5.91 Å². The Bertz CT molecular complexity index is 427. The molecule has 0 spiro atoms. The third kappa shape index (κ3) is 2.52. The van der Waals surface area contributed by atoms with Crippen molar-refractivity contribution in [1.82, 2.24) is 0 Å². The van der Waals surface area contributed by atoms with Gasteiger partial charge >= 0.3 is 0 Å². The Hall–Kier alpha value is -1.71. The largest absolute Gasteiger partial charge is 0.504 e. The van der Waals surface area contributed by atoms with Gasteiger partial charge in [-0.05, 0) is 31.4 Å². The van der Waals surface area contributed by atoms with Crippen LogP contribution in [0.25, 0.3) is 0 Å². The molecule has 0 aliphatic rings. The number of nitrogens with two attached hydrogens (primary N) is 1. The van der Waals surface area contributed by atoms with Crippen LogP contribution in [0.4, 0.5) is 0 Å². The molecule has 3 N–H and O–H groups in total. The van der Waals surface area contributed by atoms with Crippen molar-refractivity contribution in [1.29, 1.82) is 0 Å². The molecule has 0 bridgehead atoms. The molecule has 17 heavy (non-hydrogen) atoms. The monoisotopic (exact) mass is 237 g/mol. The first-order valence-electron chi connectivity index (χ1n) is 5.86. The summed E-state index contributed by atoms with van der Waals surface area (Å²) in [6, 6.07) is 1.65. The lowest BCUT2D eigenvalue weighted by molar-refractivity contribution is 0.0998. The SMILES string of the molecule is CCOc1c(O)c(CC)cc(C(N)=O)c1CC. The molecule has 94 valence electrons. The van der Waals surface area contributed by atoms with Crippen LogP contribution in [0.1, 0.15) is 42.3 Å². The lowest BCUT2D eigenvalue weighted by Crippen LogP contribution is -2.15. The van der Waals surface area contributed by atoms with Gasteiger partial charge in [-0.2, -0.15) is 0 Å². The first-order valence-corrected chi connectivity index (χ1v) is 5.86. The Balaban J connectivity index is 3.51. The molecule has 0 aliphatic heterocycles. The summed E-state index contributed by atoms with van der Waals surface area (Å²) in [5, 5.41) is 10.1. The molecule has 4 nitrogen and oxygen atoms in total. The second-order valence-electron chi connectivity index (χ2n) is 3.74. The second-order valence-corrected chi connectivity index (χ2v) is 3.74. The van der Waals surface area contributed by atoms with Gasteiger partial charge in [-0.1, -0.05) is 13.8 Å². The maximum absolute atomic E-state index is 11.4. The second kappa shape index (κ2) is 5.57. The lowest BCUT2D eigenvalue weighted by Gasteiger charge is -2.16. The van der Waals surface area contributed by atoms with Crippen molar-refractivity contribution in [2.45, 2.75) is 33.6 Å². The van der Waals surface area contributed by atoms with Crippen molar-refractivity contribution in [3.8, 4) is 11.5 Å². The molecule has 1 amide bonds. The van der Waals surface area contributed by atoms with E-state index in [4.69, 9.17) is 10.5 Å². The standard InChI is InChI=1S/C13H19NO3/c1-4-8-7-10(13(14)16)9(5-2)12(11(8)15)17-6-3/h7,15H,4-6H2,1-3H3,(H2,14,16). The van der Waals surface area contributed by atoms with Crippen molar-refractivity contribution in [2.75, 3.05) is 6.61 Å². The average Bonchev–Trinajstić information content (AvgIpc) is 2.31.